The zero-order valence-electron chi connectivity index (χ0n) is 19.2. The second-order valence-electron chi connectivity index (χ2n) is 8.61. The molecule has 166 valence electrons. The van der Waals surface area contributed by atoms with E-state index in [9.17, 15) is 0 Å². The third-order valence-corrected chi connectivity index (χ3v) is 5.86. The molecule has 5 aromatic rings. The quantitative estimate of drug-likeness (QED) is 0.348. The van der Waals surface area contributed by atoms with Crippen molar-refractivity contribution >= 4 is 16.7 Å². The topological polar surface area (TPSA) is 75.8 Å². The number of nitrogens with zero attached hydrogens (tertiary/aromatic N) is 4. The van der Waals surface area contributed by atoms with Gasteiger partial charge in [-0.2, -0.15) is 5.10 Å². The lowest BCUT2D eigenvalue weighted by molar-refractivity contribution is 0.402. The highest BCUT2D eigenvalue weighted by molar-refractivity contribution is 5.99. The Morgan fingerprint density at radius 2 is 1.67 bits per heavy atom. The van der Waals surface area contributed by atoms with Gasteiger partial charge in [0.1, 0.15) is 11.3 Å². The van der Waals surface area contributed by atoms with Crippen molar-refractivity contribution in [2.45, 2.75) is 20.0 Å². The molecule has 3 aromatic heterocycles. The molecular weight excluding hydrogens is 408 g/mol. The van der Waals surface area contributed by atoms with E-state index in [1.54, 1.807) is 0 Å². The molecule has 0 saturated carbocycles. The third-order valence-electron chi connectivity index (χ3n) is 5.86. The summed E-state index contributed by atoms with van der Waals surface area (Å²) in [6.07, 6.45) is 3.97. The highest BCUT2D eigenvalue weighted by Crippen LogP contribution is 2.36. The minimum absolute atomic E-state index is 0.744. The molecule has 3 N–H and O–H groups in total. The average molecular weight is 437 g/mol. The van der Waals surface area contributed by atoms with Gasteiger partial charge < -0.3 is 15.6 Å². The van der Waals surface area contributed by atoms with Crippen LogP contribution in [0.5, 0.6) is 0 Å². The van der Waals surface area contributed by atoms with Crippen LogP contribution in [0.4, 0.5) is 5.69 Å². The van der Waals surface area contributed by atoms with Crippen molar-refractivity contribution in [3.8, 4) is 33.6 Å². The molecule has 6 nitrogen and oxygen atoms in total. The lowest BCUT2D eigenvalue weighted by atomic mass is 10.00. The number of hydrogen-bond donors (Lipinski definition) is 2. The van der Waals surface area contributed by atoms with Crippen molar-refractivity contribution in [3.63, 3.8) is 0 Å². The Hall–Kier alpha value is -3.90. The molecule has 5 rings (SSSR count). The zero-order valence-corrected chi connectivity index (χ0v) is 19.2. The van der Waals surface area contributed by atoms with Crippen molar-refractivity contribution in [1.82, 2.24) is 24.6 Å². The van der Waals surface area contributed by atoms with Crippen LogP contribution in [0.2, 0.25) is 0 Å². The van der Waals surface area contributed by atoms with E-state index in [0.717, 1.165) is 63.5 Å². The van der Waals surface area contributed by atoms with Crippen molar-refractivity contribution < 1.29 is 0 Å². The number of nitrogens with two attached hydrogens (primary N) is 1. The van der Waals surface area contributed by atoms with Gasteiger partial charge in [-0.25, -0.2) is 4.98 Å². The summed E-state index contributed by atoms with van der Waals surface area (Å²) in [7, 11) is 4.16. The zero-order chi connectivity index (χ0) is 22.9. The monoisotopic (exact) mass is 436 g/mol. The molecule has 3 heterocycles. The highest BCUT2D eigenvalue weighted by atomic mass is 15.3. The third kappa shape index (κ3) is 4.13. The van der Waals surface area contributed by atoms with Crippen LogP contribution in [0.1, 0.15) is 12.5 Å². The van der Waals surface area contributed by atoms with E-state index in [1.807, 2.05) is 35.1 Å². The number of pyridine rings is 1. The molecular formula is C27H28N6. The van der Waals surface area contributed by atoms with Crippen LogP contribution in [0.3, 0.4) is 0 Å². The number of aryl methyl sites for hydroxylation is 1. The van der Waals surface area contributed by atoms with E-state index in [4.69, 9.17) is 10.8 Å². The first-order valence-electron chi connectivity index (χ1n) is 11.2. The SMILES string of the molecule is CCn1cc(-c2ccnc3[nH]c(-c4ccc(CN(C)C)cc4)cc23)c(-c2ccc(N)cc2)n1. The van der Waals surface area contributed by atoms with Crippen LogP contribution in [0, 0.1) is 0 Å². The average Bonchev–Trinajstić information content (AvgIpc) is 3.44. The van der Waals surface area contributed by atoms with Crippen LogP contribution < -0.4 is 5.73 Å². The number of H-pyrrole nitrogens is 1. The predicted molar refractivity (Wildman–Crippen MR) is 136 cm³/mol. The minimum atomic E-state index is 0.744. The number of benzene rings is 2. The van der Waals surface area contributed by atoms with E-state index in [-0.39, 0.29) is 0 Å². The molecule has 0 amide bonds. The summed E-state index contributed by atoms with van der Waals surface area (Å²) in [5.74, 6) is 0. The summed E-state index contributed by atoms with van der Waals surface area (Å²) in [5, 5.41) is 5.93. The maximum absolute atomic E-state index is 5.91. The van der Waals surface area contributed by atoms with Gasteiger partial charge in [-0.15, -0.1) is 0 Å². The van der Waals surface area contributed by atoms with E-state index in [0.29, 0.717) is 0 Å². The number of anilines is 1. The number of aromatic amines is 1. The lowest BCUT2D eigenvalue weighted by Gasteiger charge is -2.09. The van der Waals surface area contributed by atoms with Crippen LogP contribution in [0.25, 0.3) is 44.7 Å². The molecule has 33 heavy (non-hydrogen) atoms. The summed E-state index contributed by atoms with van der Waals surface area (Å²) in [6, 6.07) is 20.8. The molecule has 6 heteroatoms. The molecule has 0 fully saturated rings. The highest BCUT2D eigenvalue weighted by Gasteiger charge is 2.17. The maximum Gasteiger partial charge on any atom is 0.138 e. The molecule has 0 atom stereocenters. The molecule has 0 radical (unpaired) electrons. The summed E-state index contributed by atoms with van der Waals surface area (Å²) < 4.78 is 1.98. The van der Waals surface area contributed by atoms with Gasteiger partial charge in [0, 0.05) is 53.4 Å². The number of fused-ring (bicyclic) bond motifs is 1. The van der Waals surface area contributed by atoms with E-state index in [2.05, 4.69) is 78.5 Å². The van der Waals surface area contributed by atoms with Gasteiger partial charge in [0.2, 0.25) is 0 Å². The lowest BCUT2D eigenvalue weighted by Crippen LogP contribution is -2.10. The fourth-order valence-electron chi connectivity index (χ4n) is 4.21. The number of hydrogen-bond acceptors (Lipinski definition) is 4. The second-order valence-corrected chi connectivity index (χ2v) is 8.61. The largest absolute Gasteiger partial charge is 0.399 e. The second kappa shape index (κ2) is 8.56. The summed E-state index contributed by atoms with van der Waals surface area (Å²) in [5.41, 5.74) is 15.2. The molecule has 0 unspecified atom stereocenters. The molecule has 0 spiro atoms. The van der Waals surface area contributed by atoms with Gasteiger partial charge in [-0.05, 0) is 62.0 Å². The van der Waals surface area contributed by atoms with E-state index in [1.165, 1.54) is 5.56 Å². The molecule has 0 aliphatic heterocycles. The first kappa shape index (κ1) is 21.0. The van der Waals surface area contributed by atoms with Gasteiger partial charge in [0.25, 0.3) is 0 Å². The molecule has 0 saturated heterocycles. The van der Waals surface area contributed by atoms with Gasteiger partial charge >= 0.3 is 0 Å². The number of rotatable bonds is 6. The maximum atomic E-state index is 5.91. The predicted octanol–water partition coefficient (Wildman–Crippen LogP) is 5.42. The Morgan fingerprint density at radius 1 is 0.939 bits per heavy atom. The van der Waals surface area contributed by atoms with Gasteiger partial charge in [-0.3, -0.25) is 4.68 Å². The van der Waals surface area contributed by atoms with E-state index >= 15 is 0 Å². The first-order chi connectivity index (χ1) is 16.0. The van der Waals surface area contributed by atoms with Crippen LogP contribution >= 0.6 is 0 Å². The fraction of sp³-hybridized carbons (Fsp3) is 0.185. The molecule has 0 aliphatic rings. The molecule has 0 aliphatic carbocycles. The number of nitrogens with one attached hydrogen (secondary N) is 1. The summed E-state index contributed by atoms with van der Waals surface area (Å²) in [6.45, 7) is 3.82. The van der Waals surface area contributed by atoms with Gasteiger partial charge in [-0.1, -0.05) is 36.4 Å². The van der Waals surface area contributed by atoms with Gasteiger partial charge in [0.15, 0.2) is 0 Å². The van der Waals surface area contributed by atoms with E-state index < -0.39 is 0 Å². The Morgan fingerprint density at radius 3 is 2.36 bits per heavy atom. The Kier molecular flexibility index (Phi) is 5.44. The Balaban J connectivity index is 1.60. The van der Waals surface area contributed by atoms with Crippen molar-refractivity contribution in [3.05, 3.63) is 78.6 Å². The molecule has 0 bridgehead atoms. The van der Waals surface area contributed by atoms with Crippen molar-refractivity contribution in [2.75, 3.05) is 19.8 Å². The summed E-state index contributed by atoms with van der Waals surface area (Å²) >= 11 is 0. The van der Waals surface area contributed by atoms with Crippen LogP contribution in [0.15, 0.2) is 73.1 Å². The summed E-state index contributed by atoms with van der Waals surface area (Å²) in [4.78, 5) is 10.3. The first-order valence-corrected chi connectivity index (χ1v) is 11.2. The molecule has 2 aromatic carbocycles. The number of aromatic nitrogens is 4. The fourth-order valence-corrected chi connectivity index (χ4v) is 4.21. The normalized spacial score (nSPS) is 11.5. The standard InChI is InChI=1S/C27H28N6/c1-4-33-17-24(26(31-33)20-9-11-21(28)12-10-20)22-13-14-29-27-23(22)15-25(30-27)19-7-5-18(6-8-19)16-32(2)3/h5-15,17H,4,16,28H2,1-3H3,(H,29,30). The number of nitrogen functional groups attached to an aromatic ring is 1. The van der Waals surface area contributed by atoms with Crippen molar-refractivity contribution in [2.24, 2.45) is 0 Å². The van der Waals surface area contributed by atoms with Crippen LogP contribution in [-0.2, 0) is 13.1 Å². The Labute approximate surface area is 193 Å². The van der Waals surface area contributed by atoms with Gasteiger partial charge in [0.05, 0.1) is 0 Å². The smallest absolute Gasteiger partial charge is 0.138 e. The van der Waals surface area contributed by atoms with Crippen molar-refractivity contribution in [1.29, 1.82) is 0 Å². The Bertz CT molecular complexity index is 1390. The van der Waals surface area contributed by atoms with Crippen LogP contribution in [-0.4, -0.2) is 38.7 Å². The minimum Gasteiger partial charge on any atom is -0.399 e.